The summed E-state index contributed by atoms with van der Waals surface area (Å²) in [5.74, 6) is 0.837. The van der Waals surface area contributed by atoms with Crippen LogP contribution >= 0.6 is 0 Å². The molecule has 2 N–H and O–H groups in total. The van der Waals surface area contributed by atoms with Crippen LogP contribution in [0.3, 0.4) is 0 Å². The van der Waals surface area contributed by atoms with Crippen molar-refractivity contribution >= 4 is 28.5 Å². The normalized spacial score (nSPS) is 10.8. The number of aromatic nitrogens is 2. The molecule has 0 atom stereocenters. The highest BCUT2D eigenvalue weighted by Crippen LogP contribution is 2.18. The van der Waals surface area contributed by atoms with Gasteiger partial charge in [0.15, 0.2) is 5.82 Å². The number of hydrogen-bond donors (Lipinski definition) is 2. The molecule has 7 heteroatoms. The molecular weight excluding hydrogens is 320 g/mol. The van der Waals surface area contributed by atoms with Gasteiger partial charge in [0.25, 0.3) is 0 Å². The largest absolute Gasteiger partial charge is 0.361 e. The molecule has 3 aromatic rings. The number of nitrogens with one attached hydrogen (secondary N) is 2. The van der Waals surface area contributed by atoms with Crippen LogP contribution in [-0.4, -0.2) is 35.0 Å². The number of H-pyrrole nitrogens is 1. The predicted molar refractivity (Wildman–Crippen MR) is 94.3 cm³/mol. The molecule has 0 aliphatic heterocycles. The summed E-state index contributed by atoms with van der Waals surface area (Å²) in [5.41, 5.74) is 1.96. The van der Waals surface area contributed by atoms with Gasteiger partial charge in [0.1, 0.15) is 5.76 Å². The van der Waals surface area contributed by atoms with Gasteiger partial charge in [-0.25, -0.2) is 0 Å². The highest BCUT2D eigenvalue weighted by molar-refractivity contribution is 5.91. The topological polar surface area (TPSA) is 91.2 Å². The number of aryl methyl sites for hydroxylation is 1. The number of fused-ring (bicyclic) bond motifs is 1. The van der Waals surface area contributed by atoms with E-state index in [-0.39, 0.29) is 18.2 Å². The Hall–Kier alpha value is -3.09. The van der Waals surface area contributed by atoms with E-state index in [4.69, 9.17) is 4.52 Å². The van der Waals surface area contributed by atoms with E-state index in [1.807, 2.05) is 30.5 Å². The van der Waals surface area contributed by atoms with Crippen molar-refractivity contribution in [2.24, 2.45) is 0 Å². The van der Waals surface area contributed by atoms with Crippen LogP contribution in [0.15, 0.2) is 41.1 Å². The van der Waals surface area contributed by atoms with Crippen molar-refractivity contribution in [3.8, 4) is 0 Å². The lowest BCUT2D eigenvalue weighted by molar-refractivity contribution is -0.121. The minimum atomic E-state index is -0.154. The van der Waals surface area contributed by atoms with E-state index < -0.39 is 0 Å². The zero-order valence-corrected chi connectivity index (χ0v) is 14.2. The van der Waals surface area contributed by atoms with Crippen LogP contribution in [0.1, 0.15) is 18.2 Å². The first-order valence-electron chi connectivity index (χ1n) is 8.07. The van der Waals surface area contributed by atoms with E-state index >= 15 is 0 Å². The van der Waals surface area contributed by atoms with E-state index in [1.54, 1.807) is 13.0 Å². The maximum atomic E-state index is 12.2. The number of amides is 2. The molecule has 1 aromatic carbocycles. The summed E-state index contributed by atoms with van der Waals surface area (Å²) in [6, 6.07) is 9.54. The molecule has 130 valence electrons. The molecule has 2 heterocycles. The molecule has 0 radical (unpaired) electrons. The molecule has 0 unspecified atom stereocenters. The molecule has 2 aromatic heterocycles. The number of para-hydroxylation sites is 1. The average molecular weight is 340 g/mol. The lowest BCUT2D eigenvalue weighted by Crippen LogP contribution is -2.38. The highest BCUT2D eigenvalue weighted by Gasteiger charge is 2.16. The van der Waals surface area contributed by atoms with Gasteiger partial charge in [-0.2, -0.15) is 0 Å². The zero-order valence-electron chi connectivity index (χ0n) is 14.2. The van der Waals surface area contributed by atoms with E-state index in [9.17, 15) is 9.59 Å². The Morgan fingerprint density at radius 2 is 2.12 bits per heavy atom. The number of nitrogens with zero attached hydrogens (tertiary/aromatic N) is 2. The van der Waals surface area contributed by atoms with E-state index in [0.717, 1.165) is 16.5 Å². The number of benzene rings is 1. The maximum Gasteiger partial charge on any atom is 0.225 e. The summed E-state index contributed by atoms with van der Waals surface area (Å²) >= 11 is 0. The van der Waals surface area contributed by atoms with Gasteiger partial charge >= 0.3 is 0 Å². The Morgan fingerprint density at radius 3 is 2.84 bits per heavy atom. The van der Waals surface area contributed by atoms with Gasteiger partial charge in [0, 0.05) is 43.2 Å². The van der Waals surface area contributed by atoms with Gasteiger partial charge in [-0.15, -0.1) is 0 Å². The second-order valence-corrected chi connectivity index (χ2v) is 5.85. The molecule has 0 aliphatic carbocycles. The fourth-order valence-corrected chi connectivity index (χ4v) is 2.73. The first-order valence-corrected chi connectivity index (χ1v) is 8.07. The Balaban J connectivity index is 1.56. The smallest absolute Gasteiger partial charge is 0.225 e. The predicted octanol–water partition coefficient (Wildman–Crippen LogP) is 2.18. The van der Waals surface area contributed by atoms with Crippen LogP contribution in [0.25, 0.3) is 10.9 Å². The first-order chi connectivity index (χ1) is 12.0. The first kappa shape index (κ1) is 16.8. The molecule has 3 rings (SSSR count). The summed E-state index contributed by atoms with van der Waals surface area (Å²) in [6.45, 7) is 3.89. The lowest BCUT2D eigenvalue weighted by Gasteiger charge is -2.17. The van der Waals surface area contributed by atoms with Crippen LogP contribution < -0.4 is 10.2 Å². The molecule has 0 spiro atoms. The van der Waals surface area contributed by atoms with Gasteiger partial charge in [-0.3, -0.25) is 14.5 Å². The molecule has 0 aliphatic rings. The van der Waals surface area contributed by atoms with Crippen molar-refractivity contribution < 1.29 is 14.1 Å². The second-order valence-electron chi connectivity index (χ2n) is 5.85. The van der Waals surface area contributed by atoms with Gasteiger partial charge in [-0.05, 0) is 18.6 Å². The van der Waals surface area contributed by atoms with Gasteiger partial charge < -0.3 is 14.8 Å². The third-order valence-electron chi connectivity index (χ3n) is 3.96. The quantitative estimate of drug-likeness (QED) is 0.719. The van der Waals surface area contributed by atoms with E-state index in [1.165, 1.54) is 11.8 Å². The zero-order chi connectivity index (χ0) is 17.8. The number of carbonyl (C=O) groups excluding carboxylic acids is 2. The molecular formula is C18H20N4O3. The standard InChI is InChI=1S/C18H20N4O3/c1-12-9-17(21-25-12)22(13(2)23)8-7-19-18(24)10-14-11-20-16-6-4-3-5-15(14)16/h3-6,9,11,20H,7-8,10H2,1-2H3,(H,19,24). The van der Waals surface area contributed by atoms with Crippen molar-refractivity contribution in [2.75, 3.05) is 18.0 Å². The Bertz CT molecular complexity index is 897. The van der Waals surface area contributed by atoms with Crippen molar-refractivity contribution in [1.82, 2.24) is 15.5 Å². The molecule has 25 heavy (non-hydrogen) atoms. The Morgan fingerprint density at radius 1 is 1.32 bits per heavy atom. The van der Waals surface area contributed by atoms with Crippen LogP contribution in [0.2, 0.25) is 0 Å². The van der Waals surface area contributed by atoms with E-state index in [2.05, 4.69) is 15.5 Å². The van der Waals surface area contributed by atoms with Gasteiger partial charge in [-0.1, -0.05) is 23.4 Å². The number of aromatic amines is 1. The van der Waals surface area contributed by atoms with Crippen LogP contribution in [0, 0.1) is 6.92 Å². The van der Waals surface area contributed by atoms with Crippen molar-refractivity contribution in [1.29, 1.82) is 0 Å². The fraction of sp³-hybridized carbons (Fsp3) is 0.278. The van der Waals surface area contributed by atoms with Crippen LogP contribution in [0.4, 0.5) is 5.82 Å². The SMILES string of the molecule is CC(=O)N(CCNC(=O)Cc1c[nH]c2ccccc12)c1cc(C)on1. The maximum absolute atomic E-state index is 12.2. The van der Waals surface area contributed by atoms with Crippen molar-refractivity contribution in [3.05, 3.63) is 47.9 Å². The molecule has 0 fully saturated rings. The Labute approximate surface area is 145 Å². The summed E-state index contributed by atoms with van der Waals surface area (Å²) in [6.07, 6.45) is 2.14. The molecule has 0 saturated carbocycles. The van der Waals surface area contributed by atoms with Crippen molar-refractivity contribution in [2.45, 2.75) is 20.3 Å². The lowest BCUT2D eigenvalue weighted by atomic mass is 10.1. The minimum Gasteiger partial charge on any atom is -0.361 e. The van der Waals surface area contributed by atoms with Crippen LogP contribution in [-0.2, 0) is 16.0 Å². The summed E-state index contributed by atoms with van der Waals surface area (Å²) in [7, 11) is 0. The van der Waals surface area contributed by atoms with Gasteiger partial charge in [0.2, 0.25) is 11.8 Å². The summed E-state index contributed by atoms with van der Waals surface area (Å²) in [4.78, 5) is 28.6. The van der Waals surface area contributed by atoms with Gasteiger partial charge in [0.05, 0.1) is 6.42 Å². The third kappa shape index (κ3) is 3.88. The third-order valence-corrected chi connectivity index (χ3v) is 3.96. The molecule has 0 bridgehead atoms. The Kier molecular flexibility index (Phi) is 4.83. The second kappa shape index (κ2) is 7.21. The van der Waals surface area contributed by atoms with Crippen LogP contribution in [0.5, 0.6) is 0 Å². The number of hydrogen-bond acceptors (Lipinski definition) is 4. The van der Waals surface area contributed by atoms with E-state index in [0.29, 0.717) is 24.7 Å². The average Bonchev–Trinajstić information content (AvgIpc) is 3.18. The highest BCUT2D eigenvalue weighted by atomic mass is 16.5. The molecule has 0 saturated heterocycles. The monoisotopic (exact) mass is 340 g/mol. The number of anilines is 1. The summed E-state index contributed by atoms with van der Waals surface area (Å²) in [5, 5.41) is 7.73. The number of carbonyl (C=O) groups is 2. The minimum absolute atomic E-state index is 0.0930. The number of rotatable bonds is 6. The fourth-order valence-electron chi connectivity index (χ4n) is 2.73. The molecule has 2 amide bonds. The molecule has 7 nitrogen and oxygen atoms in total. The summed E-state index contributed by atoms with van der Waals surface area (Å²) < 4.78 is 5.00. The van der Waals surface area contributed by atoms with Crippen molar-refractivity contribution in [3.63, 3.8) is 0 Å².